The van der Waals surface area contributed by atoms with E-state index in [4.69, 9.17) is 5.26 Å². The zero-order valence-corrected chi connectivity index (χ0v) is 15.1. The van der Waals surface area contributed by atoms with Crippen LogP contribution in [-0.2, 0) is 10.4 Å². The minimum absolute atomic E-state index is 0.201. The number of nitrogens with zero attached hydrogens (tertiary/aromatic N) is 4. The van der Waals surface area contributed by atoms with Crippen molar-refractivity contribution in [3.8, 4) is 6.07 Å². The molecule has 11 heteroatoms. The molecular weight excluding hydrogens is 389 g/mol. The lowest BCUT2D eigenvalue weighted by Crippen LogP contribution is -2.48. The van der Waals surface area contributed by atoms with E-state index in [-0.39, 0.29) is 23.0 Å². The Labute approximate surface area is 163 Å². The Balaban J connectivity index is 1.57. The average Bonchev–Trinajstić information content (AvgIpc) is 3.12. The monoisotopic (exact) mass is 406 g/mol. The second-order valence-electron chi connectivity index (χ2n) is 7.22. The van der Waals surface area contributed by atoms with Gasteiger partial charge in [-0.1, -0.05) is 0 Å². The van der Waals surface area contributed by atoms with E-state index in [1.54, 1.807) is 12.1 Å². The number of aromatic nitrogens is 3. The number of nitrogens with one attached hydrogen (secondary N) is 2. The molecule has 1 fully saturated rings. The van der Waals surface area contributed by atoms with Gasteiger partial charge in [-0.05, 0) is 25.0 Å². The van der Waals surface area contributed by atoms with Crippen molar-refractivity contribution in [1.82, 2.24) is 15.2 Å². The summed E-state index contributed by atoms with van der Waals surface area (Å²) in [7, 11) is 0. The summed E-state index contributed by atoms with van der Waals surface area (Å²) >= 11 is 0. The first-order chi connectivity index (χ1) is 13.7. The van der Waals surface area contributed by atoms with Crippen LogP contribution in [0.25, 0.3) is 0 Å². The normalized spacial score (nSPS) is 22.7. The highest BCUT2D eigenvalue weighted by Crippen LogP contribution is 2.49. The van der Waals surface area contributed by atoms with Crippen LogP contribution in [0.5, 0.6) is 0 Å². The van der Waals surface area contributed by atoms with Gasteiger partial charge in [0, 0.05) is 30.9 Å². The fourth-order valence-corrected chi connectivity index (χ4v) is 3.94. The van der Waals surface area contributed by atoms with Crippen LogP contribution in [0.3, 0.4) is 0 Å². The van der Waals surface area contributed by atoms with Crippen LogP contribution in [0.1, 0.15) is 42.0 Å². The SMILES string of the molecule is N#Cc1ccc(N2CCC(c3[nH]nc4c3C(O)(C(F)(F)F)CC(=O)N4)CC2)nc1. The maximum Gasteiger partial charge on any atom is 0.422 e. The molecule has 0 aliphatic carbocycles. The summed E-state index contributed by atoms with van der Waals surface area (Å²) in [6.45, 7) is 1.07. The molecule has 0 aromatic carbocycles. The molecule has 0 radical (unpaired) electrons. The number of fused-ring (bicyclic) bond motifs is 1. The van der Waals surface area contributed by atoms with Crippen molar-refractivity contribution in [3.63, 3.8) is 0 Å². The third-order valence-corrected chi connectivity index (χ3v) is 5.46. The zero-order valence-electron chi connectivity index (χ0n) is 15.1. The van der Waals surface area contributed by atoms with Gasteiger partial charge in [-0.15, -0.1) is 0 Å². The van der Waals surface area contributed by atoms with Gasteiger partial charge in [-0.25, -0.2) is 4.98 Å². The number of H-pyrrole nitrogens is 1. The number of alkyl halides is 3. The molecule has 1 amide bonds. The Morgan fingerprint density at radius 2 is 2.03 bits per heavy atom. The van der Waals surface area contributed by atoms with Crippen molar-refractivity contribution in [2.45, 2.75) is 37.0 Å². The minimum Gasteiger partial charge on any atom is -0.376 e. The summed E-state index contributed by atoms with van der Waals surface area (Å²) in [6, 6.07) is 5.39. The summed E-state index contributed by atoms with van der Waals surface area (Å²) in [5.74, 6) is -0.803. The van der Waals surface area contributed by atoms with Gasteiger partial charge < -0.3 is 15.3 Å². The molecule has 1 unspecified atom stereocenters. The Hall–Kier alpha value is -3.13. The molecule has 4 heterocycles. The third-order valence-electron chi connectivity index (χ3n) is 5.46. The fourth-order valence-electron chi connectivity index (χ4n) is 3.94. The first-order valence-corrected chi connectivity index (χ1v) is 9.02. The summed E-state index contributed by atoms with van der Waals surface area (Å²) in [5, 5.41) is 28.0. The summed E-state index contributed by atoms with van der Waals surface area (Å²) in [5.41, 5.74) is -3.01. The van der Waals surface area contributed by atoms with Crippen LogP contribution in [0.4, 0.5) is 24.8 Å². The van der Waals surface area contributed by atoms with Gasteiger partial charge in [0.25, 0.3) is 0 Å². The van der Waals surface area contributed by atoms with Crippen LogP contribution in [0, 0.1) is 11.3 Å². The van der Waals surface area contributed by atoms with Crippen LogP contribution in [-0.4, -0.2) is 45.5 Å². The largest absolute Gasteiger partial charge is 0.422 e. The van der Waals surface area contributed by atoms with Crippen LogP contribution in [0.15, 0.2) is 18.3 Å². The van der Waals surface area contributed by atoms with Gasteiger partial charge in [0.15, 0.2) is 11.4 Å². The quantitative estimate of drug-likeness (QED) is 0.703. The number of aromatic amines is 1. The van der Waals surface area contributed by atoms with Gasteiger partial charge in [0.1, 0.15) is 11.9 Å². The minimum atomic E-state index is -5.01. The second-order valence-corrected chi connectivity index (χ2v) is 7.22. The van der Waals surface area contributed by atoms with E-state index in [1.165, 1.54) is 6.20 Å². The topological polar surface area (TPSA) is 118 Å². The smallest absolute Gasteiger partial charge is 0.376 e. The number of amides is 1. The third kappa shape index (κ3) is 3.19. The number of hydrogen-bond donors (Lipinski definition) is 3. The van der Waals surface area contributed by atoms with Gasteiger partial charge in [0.2, 0.25) is 5.91 Å². The van der Waals surface area contributed by atoms with Gasteiger partial charge in [-0.2, -0.15) is 23.5 Å². The molecule has 2 aliphatic heterocycles. The van der Waals surface area contributed by atoms with Crippen molar-refractivity contribution >= 4 is 17.5 Å². The number of aliphatic hydroxyl groups is 1. The number of rotatable bonds is 2. The van der Waals surface area contributed by atoms with E-state index in [0.29, 0.717) is 37.3 Å². The molecule has 2 aromatic rings. The molecular formula is C18H17F3N6O2. The summed E-state index contributed by atoms with van der Waals surface area (Å²) < 4.78 is 40.9. The molecule has 0 spiro atoms. The zero-order chi connectivity index (χ0) is 20.8. The average molecular weight is 406 g/mol. The Bertz CT molecular complexity index is 973. The summed E-state index contributed by atoms with van der Waals surface area (Å²) in [4.78, 5) is 17.9. The van der Waals surface area contributed by atoms with Crippen molar-refractivity contribution in [1.29, 1.82) is 5.26 Å². The molecule has 2 aromatic heterocycles. The van der Waals surface area contributed by atoms with Gasteiger partial charge >= 0.3 is 6.18 Å². The van der Waals surface area contributed by atoms with E-state index in [2.05, 4.69) is 20.5 Å². The number of hydrogen-bond acceptors (Lipinski definition) is 6. The predicted molar refractivity (Wildman–Crippen MR) is 94.9 cm³/mol. The molecule has 8 nitrogen and oxygen atoms in total. The highest BCUT2D eigenvalue weighted by Gasteiger charge is 2.61. The summed E-state index contributed by atoms with van der Waals surface area (Å²) in [6.07, 6.45) is -3.61. The molecule has 0 bridgehead atoms. The van der Waals surface area contributed by atoms with Crippen molar-refractivity contribution in [3.05, 3.63) is 35.2 Å². The maximum atomic E-state index is 13.6. The predicted octanol–water partition coefficient (Wildman–Crippen LogP) is 2.15. The number of nitriles is 1. The molecule has 152 valence electrons. The Kier molecular flexibility index (Phi) is 4.46. The van der Waals surface area contributed by atoms with E-state index in [9.17, 15) is 23.1 Å². The molecule has 2 aliphatic rings. The second kappa shape index (κ2) is 6.73. The first kappa shape index (κ1) is 19.2. The number of halogens is 3. The molecule has 1 saturated heterocycles. The Morgan fingerprint density at radius 1 is 1.31 bits per heavy atom. The highest BCUT2D eigenvalue weighted by atomic mass is 19.4. The first-order valence-electron chi connectivity index (χ1n) is 9.02. The van der Waals surface area contributed by atoms with E-state index in [1.807, 2.05) is 11.0 Å². The molecule has 0 saturated carbocycles. The van der Waals surface area contributed by atoms with Crippen molar-refractivity contribution in [2.24, 2.45) is 0 Å². The number of carbonyl (C=O) groups excluding carboxylic acids is 1. The Morgan fingerprint density at radius 3 is 2.62 bits per heavy atom. The molecule has 29 heavy (non-hydrogen) atoms. The van der Waals surface area contributed by atoms with E-state index >= 15 is 0 Å². The number of carbonyl (C=O) groups is 1. The van der Waals surface area contributed by atoms with Crippen molar-refractivity contribution < 1.29 is 23.1 Å². The molecule has 3 N–H and O–H groups in total. The van der Waals surface area contributed by atoms with Crippen LogP contribution in [0.2, 0.25) is 0 Å². The number of pyridine rings is 1. The lowest BCUT2D eigenvalue weighted by atomic mass is 9.81. The van der Waals surface area contributed by atoms with Crippen LogP contribution < -0.4 is 10.2 Å². The maximum absolute atomic E-state index is 13.6. The highest BCUT2D eigenvalue weighted by molar-refractivity contribution is 5.94. The van der Waals surface area contributed by atoms with Crippen molar-refractivity contribution in [2.75, 3.05) is 23.3 Å². The van der Waals surface area contributed by atoms with Gasteiger partial charge in [-0.3, -0.25) is 9.89 Å². The lowest BCUT2D eigenvalue weighted by molar-refractivity contribution is -0.267. The lowest BCUT2D eigenvalue weighted by Gasteiger charge is -2.37. The molecule has 1 atom stereocenters. The van der Waals surface area contributed by atoms with Crippen LogP contribution >= 0.6 is 0 Å². The number of anilines is 2. The van der Waals surface area contributed by atoms with Gasteiger partial charge in [0.05, 0.1) is 17.5 Å². The van der Waals surface area contributed by atoms with E-state index < -0.39 is 24.1 Å². The molecule has 4 rings (SSSR count). The fraction of sp³-hybridized carbons (Fsp3) is 0.444. The number of piperidine rings is 1. The standard InChI is InChI=1S/C18H17F3N6O2/c19-18(20,21)17(29)7-13(28)24-16-14(17)15(25-26-16)11-3-5-27(6-4-11)12-2-1-10(8-22)9-23-12/h1-2,9,11,29H,3-7H2,(H2,24,25,26,28). The van der Waals surface area contributed by atoms with E-state index in [0.717, 1.165) is 0 Å².